The highest BCUT2D eigenvalue weighted by atomic mass is 79.9. The smallest absolute Gasteiger partial charge is 0.166 e. The third kappa shape index (κ3) is 6.75. The second kappa shape index (κ2) is 7.92. The number of halogens is 4. The first-order chi connectivity index (χ1) is 10.1. The van der Waals surface area contributed by atoms with Crippen LogP contribution in [0.2, 0.25) is 0 Å². The number of phenolic OH excluding ortho intramolecular Hbond substituents is 1. The van der Waals surface area contributed by atoms with Gasteiger partial charge in [-0.2, -0.15) is 0 Å². The van der Waals surface area contributed by atoms with Gasteiger partial charge in [-0.1, -0.05) is 31.9 Å². The van der Waals surface area contributed by atoms with Crippen molar-refractivity contribution in [3.05, 3.63) is 57.0 Å². The fourth-order valence-electron chi connectivity index (χ4n) is 1.37. The minimum absolute atomic E-state index is 0.288. The molecule has 1 N–H and O–H groups in total. The van der Waals surface area contributed by atoms with Crippen molar-refractivity contribution in [3.63, 3.8) is 0 Å². The van der Waals surface area contributed by atoms with Crippen LogP contribution >= 0.6 is 31.9 Å². The zero-order chi connectivity index (χ0) is 16.9. The molecule has 0 saturated carbocycles. The van der Waals surface area contributed by atoms with E-state index >= 15 is 0 Å². The third-order valence-corrected chi connectivity index (χ3v) is 3.21. The summed E-state index contributed by atoms with van der Waals surface area (Å²) in [5, 5.41) is 8.65. The Morgan fingerprint density at radius 3 is 1.82 bits per heavy atom. The van der Waals surface area contributed by atoms with Crippen molar-refractivity contribution in [1.82, 2.24) is 0 Å². The molecule has 22 heavy (non-hydrogen) atoms. The average Bonchev–Trinajstić information content (AvgIpc) is 2.37. The van der Waals surface area contributed by atoms with Crippen LogP contribution < -0.4 is 4.74 Å². The Kier molecular flexibility index (Phi) is 6.81. The number of ether oxygens (including phenoxy) is 1. The van der Waals surface area contributed by atoms with Crippen LogP contribution in [0.25, 0.3) is 0 Å². The van der Waals surface area contributed by atoms with E-state index < -0.39 is 5.82 Å². The molecule has 0 bridgehead atoms. The van der Waals surface area contributed by atoms with Crippen molar-refractivity contribution in [2.45, 2.75) is 26.4 Å². The molecule has 0 heterocycles. The van der Waals surface area contributed by atoms with Crippen LogP contribution in [0.1, 0.15) is 20.8 Å². The van der Waals surface area contributed by atoms with Gasteiger partial charge in [-0.15, -0.1) is 0 Å². The SMILES string of the molecule is CC(C)(C)Oc1ccc(Br)cc1F.Oc1ccc(Br)cc1F. The van der Waals surface area contributed by atoms with Gasteiger partial charge in [0.1, 0.15) is 5.60 Å². The van der Waals surface area contributed by atoms with Crippen LogP contribution in [0.15, 0.2) is 45.3 Å². The zero-order valence-electron chi connectivity index (χ0n) is 12.3. The van der Waals surface area contributed by atoms with Gasteiger partial charge in [-0.3, -0.25) is 0 Å². The Morgan fingerprint density at radius 2 is 1.41 bits per heavy atom. The van der Waals surface area contributed by atoms with Crippen LogP contribution in [0.4, 0.5) is 8.78 Å². The molecule has 0 aliphatic rings. The molecule has 0 fully saturated rings. The first kappa shape index (κ1) is 18.9. The quantitative estimate of drug-likeness (QED) is 0.587. The summed E-state index contributed by atoms with van der Waals surface area (Å²) in [6.45, 7) is 5.65. The Bertz CT molecular complexity index is 641. The molecule has 0 aliphatic carbocycles. The van der Waals surface area contributed by atoms with Crippen molar-refractivity contribution < 1.29 is 18.6 Å². The summed E-state index contributed by atoms with van der Waals surface area (Å²) in [4.78, 5) is 0. The van der Waals surface area contributed by atoms with Gasteiger partial charge < -0.3 is 9.84 Å². The standard InChI is InChI=1S/C10H12BrFO.C6H4BrFO/c1-10(2,3)13-9-5-4-7(11)6-8(9)12;7-4-1-2-6(9)5(8)3-4/h4-6H,1-3H3;1-3,9H. The average molecular weight is 438 g/mol. The molecule has 0 aromatic heterocycles. The number of hydrogen-bond donors (Lipinski definition) is 1. The van der Waals surface area contributed by atoms with Gasteiger partial charge in [-0.05, 0) is 57.2 Å². The van der Waals surface area contributed by atoms with Crippen molar-refractivity contribution in [1.29, 1.82) is 0 Å². The van der Waals surface area contributed by atoms with Gasteiger partial charge in [0.2, 0.25) is 0 Å². The summed E-state index contributed by atoms with van der Waals surface area (Å²) in [5.41, 5.74) is -0.366. The maximum absolute atomic E-state index is 13.2. The molecule has 0 unspecified atom stereocenters. The van der Waals surface area contributed by atoms with Gasteiger partial charge in [0.15, 0.2) is 23.1 Å². The molecule has 0 spiro atoms. The second-order valence-electron chi connectivity index (χ2n) is 5.38. The van der Waals surface area contributed by atoms with Crippen LogP contribution in [0, 0.1) is 11.6 Å². The first-order valence-corrected chi connectivity index (χ1v) is 7.95. The molecular formula is C16H16Br2F2O2. The van der Waals surface area contributed by atoms with Gasteiger partial charge in [0, 0.05) is 8.95 Å². The van der Waals surface area contributed by atoms with E-state index in [9.17, 15) is 8.78 Å². The number of phenols is 1. The minimum atomic E-state index is -0.607. The molecule has 2 aromatic rings. The van der Waals surface area contributed by atoms with Gasteiger partial charge in [0.05, 0.1) is 0 Å². The van der Waals surface area contributed by atoms with Crippen LogP contribution in [0.3, 0.4) is 0 Å². The van der Waals surface area contributed by atoms with E-state index in [2.05, 4.69) is 31.9 Å². The largest absolute Gasteiger partial charge is 0.505 e. The third-order valence-electron chi connectivity index (χ3n) is 2.22. The number of aromatic hydroxyl groups is 1. The molecule has 2 aromatic carbocycles. The predicted molar refractivity (Wildman–Crippen MR) is 90.2 cm³/mol. The van der Waals surface area contributed by atoms with Gasteiger partial charge in [-0.25, -0.2) is 8.78 Å². The molecule has 2 rings (SSSR count). The second-order valence-corrected chi connectivity index (χ2v) is 7.22. The summed E-state index contributed by atoms with van der Waals surface area (Å²) in [6, 6.07) is 8.82. The molecule has 0 radical (unpaired) electrons. The number of rotatable bonds is 1. The van der Waals surface area contributed by atoms with Gasteiger partial charge in [0.25, 0.3) is 0 Å². The van der Waals surface area contributed by atoms with Crippen molar-refractivity contribution in [2.24, 2.45) is 0 Å². The lowest BCUT2D eigenvalue weighted by Gasteiger charge is -2.21. The van der Waals surface area contributed by atoms with Crippen molar-refractivity contribution in [2.75, 3.05) is 0 Å². The maximum Gasteiger partial charge on any atom is 0.166 e. The number of hydrogen-bond acceptors (Lipinski definition) is 2. The van der Waals surface area contributed by atoms with Crippen LogP contribution in [-0.4, -0.2) is 10.7 Å². The van der Waals surface area contributed by atoms with Crippen molar-refractivity contribution in [3.8, 4) is 11.5 Å². The molecule has 120 valence electrons. The van der Waals surface area contributed by atoms with E-state index in [4.69, 9.17) is 9.84 Å². The van der Waals surface area contributed by atoms with E-state index in [1.54, 1.807) is 18.2 Å². The molecule has 0 saturated heterocycles. The predicted octanol–water partition coefficient (Wildman–Crippen LogP) is 6.06. The van der Waals surface area contributed by atoms with Crippen molar-refractivity contribution >= 4 is 31.9 Å². The summed E-state index contributed by atoms with van der Waals surface area (Å²) >= 11 is 6.23. The summed E-state index contributed by atoms with van der Waals surface area (Å²) < 4.78 is 32.3. The van der Waals surface area contributed by atoms with Gasteiger partial charge >= 0.3 is 0 Å². The fourth-order valence-corrected chi connectivity index (χ4v) is 2.04. The topological polar surface area (TPSA) is 29.5 Å². The Labute approximate surface area is 145 Å². The fraction of sp³-hybridized carbons (Fsp3) is 0.250. The van der Waals surface area contributed by atoms with E-state index in [0.717, 1.165) is 0 Å². The molecule has 0 amide bonds. The lowest BCUT2D eigenvalue weighted by molar-refractivity contribution is 0.124. The monoisotopic (exact) mass is 436 g/mol. The Hall–Kier alpha value is -1.14. The number of benzene rings is 2. The lowest BCUT2D eigenvalue weighted by atomic mass is 10.2. The van der Waals surface area contributed by atoms with E-state index in [1.165, 1.54) is 18.2 Å². The highest BCUT2D eigenvalue weighted by Crippen LogP contribution is 2.24. The zero-order valence-corrected chi connectivity index (χ0v) is 15.5. The molecular weight excluding hydrogens is 422 g/mol. The minimum Gasteiger partial charge on any atom is -0.505 e. The Balaban J connectivity index is 0.000000235. The summed E-state index contributed by atoms with van der Waals surface area (Å²) in [6.07, 6.45) is 0. The van der Waals surface area contributed by atoms with E-state index in [0.29, 0.717) is 8.95 Å². The molecule has 6 heteroatoms. The molecule has 0 atom stereocenters. The summed E-state index contributed by atoms with van der Waals surface area (Å²) in [7, 11) is 0. The first-order valence-electron chi connectivity index (χ1n) is 6.36. The van der Waals surface area contributed by atoms with E-state index in [1.807, 2.05) is 20.8 Å². The van der Waals surface area contributed by atoms with Crippen LogP contribution in [-0.2, 0) is 0 Å². The highest BCUT2D eigenvalue weighted by molar-refractivity contribution is 9.10. The molecule has 0 aliphatic heterocycles. The Morgan fingerprint density at radius 1 is 0.909 bits per heavy atom. The maximum atomic E-state index is 13.2. The van der Waals surface area contributed by atoms with Crippen LogP contribution in [0.5, 0.6) is 11.5 Å². The van der Waals surface area contributed by atoms with E-state index in [-0.39, 0.29) is 22.9 Å². The highest BCUT2D eigenvalue weighted by Gasteiger charge is 2.14. The summed E-state index contributed by atoms with van der Waals surface area (Å²) in [5.74, 6) is -0.984. The normalized spacial score (nSPS) is 10.7. The molecule has 2 nitrogen and oxygen atoms in total. The lowest BCUT2D eigenvalue weighted by Crippen LogP contribution is -2.23.